The molecule has 1 aliphatic rings. The van der Waals surface area contributed by atoms with Gasteiger partial charge >= 0.3 is 0 Å². The van der Waals surface area contributed by atoms with E-state index in [-0.39, 0.29) is 5.91 Å². The average molecular weight is 370 g/mol. The summed E-state index contributed by atoms with van der Waals surface area (Å²) in [5, 5.41) is 5.61. The molecule has 1 amide bonds. The molecule has 3 rings (SSSR count). The highest BCUT2D eigenvalue weighted by Crippen LogP contribution is 2.40. The molecule has 0 saturated heterocycles. The number of carbonyl (C=O) groups excluding carboxylic acids is 1. The molecule has 3 nitrogen and oxygen atoms in total. The van der Waals surface area contributed by atoms with E-state index in [2.05, 4.69) is 32.9 Å². The van der Waals surface area contributed by atoms with Crippen LogP contribution in [0.2, 0.25) is 0 Å². The van der Waals surface area contributed by atoms with Crippen molar-refractivity contribution in [3.8, 4) is 0 Å². The van der Waals surface area contributed by atoms with Gasteiger partial charge < -0.3 is 0 Å². The maximum absolute atomic E-state index is 12.1. The molecule has 1 saturated carbocycles. The fraction of sp³-hybridized carbons (Fsp3) is 0.231. The van der Waals surface area contributed by atoms with Crippen LogP contribution in [-0.4, -0.2) is 10.9 Å². The van der Waals surface area contributed by atoms with Gasteiger partial charge in [0.2, 0.25) is 0 Å². The Hall–Kier alpha value is -0.950. The number of aromatic nitrogens is 1. The van der Waals surface area contributed by atoms with Gasteiger partial charge in [0, 0.05) is 14.9 Å². The van der Waals surface area contributed by atoms with Crippen molar-refractivity contribution < 1.29 is 4.79 Å². The third-order valence-electron chi connectivity index (χ3n) is 2.86. The first kappa shape index (κ1) is 12.1. The minimum absolute atomic E-state index is 0.0864. The monoisotopic (exact) mass is 370 g/mol. The van der Waals surface area contributed by atoms with Crippen LogP contribution in [0.4, 0.5) is 5.13 Å². The lowest BCUT2D eigenvalue weighted by Gasteiger charge is -2.03. The molecule has 1 aromatic carbocycles. The Morgan fingerprint density at radius 3 is 2.89 bits per heavy atom. The molecule has 0 unspecified atom stereocenters. The van der Waals surface area contributed by atoms with E-state index in [1.54, 1.807) is 0 Å². The Kier molecular flexibility index (Phi) is 3.34. The minimum Gasteiger partial charge on any atom is -0.298 e. The van der Waals surface area contributed by atoms with Gasteiger partial charge in [0.1, 0.15) is 0 Å². The van der Waals surface area contributed by atoms with Gasteiger partial charge in [-0.2, -0.15) is 0 Å². The van der Waals surface area contributed by atoms with Crippen molar-refractivity contribution in [2.75, 3.05) is 5.32 Å². The highest BCUT2D eigenvalue weighted by Gasteiger charge is 2.26. The largest absolute Gasteiger partial charge is 0.298 e. The smallest absolute Gasteiger partial charge is 0.258 e. The van der Waals surface area contributed by atoms with E-state index in [0.29, 0.717) is 16.6 Å². The second-order valence-electron chi connectivity index (χ2n) is 4.29. The van der Waals surface area contributed by atoms with Crippen LogP contribution in [0.1, 0.15) is 34.8 Å². The second-order valence-corrected chi connectivity index (χ2v) is 6.31. The second kappa shape index (κ2) is 4.97. The highest BCUT2D eigenvalue weighted by molar-refractivity contribution is 14.1. The van der Waals surface area contributed by atoms with Gasteiger partial charge in [0.05, 0.1) is 11.3 Å². The Labute approximate surface area is 123 Å². The zero-order valence-electron chi connectivity index (χ0n) is 9.52. The van der Waals surface area contributed by atoms with Crippen molar-refractivity contribution in [3.05, 3.63) is 44.5 Å². The Morgan fingerprint density at radius 1 is 1.39 bits per heavy atom. The molecule has 0 atom stereocenters. The summed E-state index contributed by atoms with van der Waals surface area (Å²) < 4.78 is 0.951. The normalized spacial score (nSPS) is 14.5. The number of thiazole rings is 1. The first-order chi connectivity index (χ1) is 8.74. The Balaban J connectivity index is 1.75. The number of amides is 1. The number of nitrogens with zero attached hydrogens (tertiary/aromatic N) is 1. The van der Waals surface area contributed by atoms with E-state index in [1.807, 2.05) is 29.6 Å². The van der Waals surface area contributed by atoms with E-state index >= 15 is 0 Å². The third kappa shape index (κ3) is 2.56. The number of carbonyl (C=O) groups is 1. The van der Waals surface area contributed by atoms with Crippen LogP contribution in [-0.2, 0) is 0 Å². The summed E-state index contributed by atoms with van der Waals surface area (Å²) in [6.07, 6.45) is 2.46. The zero-order valence-corrected chi connectivity index (χ0v) is 12.5. The number of hydrogen-bond donors (Lipinski definition) is 1. The first-order valence-electron chi connectivity index (χ1n) is 5.75. The summed E-state index contributed by atoms with van der Waals surface area (Å²) in [5.74, 6) is 0.542. The Morgan fingerprint density at radius 2 is 2.17 bits per heavy atom. The SMILES string of the molecule is O=C(Nc1nc(C2CC2)cs1)c1ccccc1I. The van der Waals surface area contributed by atoms with Gasteiger partial charge in [-0.05, 0) is 47.6 Å². The third-order valence-corrected chi connectivity index (χ3v) is 4.57. The van der Waals surface area contributed by atoms with E-state index in [9.17, 15) is 4.79 Å². The molecule has 0 radical (unpaired) electrons. The average Bonchev–Trinajstić information content (AvgIpc) is 3.11. The first-order valence-corrected chi connectivity index (χ1v) is 7.71. The van der Waals surface area contributed by atoms with Gasteiger partial charge in [0.15, 0.2) is 5.13 Å². The summed E-state index contributed by atoms with van der Waals surface area (Å²) >= 11 is 3.67. The summed E-state index contributed by atoms with van der Waals surface area (Å²) in [6.45, 7) is 0. The van der Waals surface area contributed by atoms with E-state index in [0.717, 1.165) is 9.26 Å². The number of nitrogens with one attached hydrogen (secondary N) is 1. The molecule has 1 N–H and O–H groups in total. The lowest BCUT2D eigenvalue weighted by molar-refractivity contribution is 0.102. The van der Waals surface area contributed by atoms with Crippen LogP contribution in [0.25, 0.3) is 0 Å². The lowest BCUT2D eigenvalue weighted by Crippen LogP contribution is -2.13. The van der Waals surface area contributed by atoms with Crippen LogP contribution in [0.5, 0.6) is 0 Å². The van der Waals surface area contributed by atoms with Crippen LogP contribution < -0.4 is 5.32 Å². The molecule has 5 heteroatoms. The van der Waals surface area contributed by atoms with Crippen molar-refractivity contribution >= 4 is 45.0 Å². The van der Waals surface area contributed by atoms with Gasteiger partial charge in [-0.15, -0.1) is 11.3 Å². The molecule has 1 fully saturated rings. The molecule has 1 heterocycles. The van der Waals surface area contributed by atoms with Gasteiger partial charge in [-0.1, -0.05) is 12.1 Å². The molecule has 0 bridgehead atoms. The Bertz CT molecular complexity index is 592. The summed E-state index contributed by atoms with van der Waals surface area (Å²) in [5.41, 5.74) is 1.82. The van der Waals surface area contributed by atoms with Crippen molar-refractivity contribution in [1.82, 2.24) is 4.98 Å². The molecule has 0 spiro atoms. The predicted molar refractivity (Wildman–Crippen MR) is 81.2 cm³/mol. The lowest BCUT2D eigenvalue weighted by atomic mass is 10.2. The van der Waals surface area contributed by atoms with Crippen LogP contribution >= 0.6 is 33.9 Å². The fourth-order valence-electron chi connectivity index (χ4n) is 1.72. The molecule has 1 aliphatic carbocycles. The number of hydrogen-bond acceptors (Lipinski definition) is 3. The summed E-state index contributed by atoms with van der Waals surface area (Å²) in [6, 6.07) is 7.54. The maximum atomic E-state index is 12.1. The molecular weight excluding hydrogens is 359 g/mol. The van der Waals surface area contributed by atoms with Crippen molar-refractivity contribution in [3.63, 3.8) is 0 Å². The molecule has 2 aromatic rings. The van der Waals surface area contributed by atoms with Crippen LogP contribution in [0, 0.1) is 3.57 Å². The molecular formula is C13H11IN2OS. The fourth-order valence-corrected chi connectivity index (χ4v) is 3.14. The number of halogens is 1. The van der Waals surface area contributed by atoms with Gasteiger partial charge in [-0.3, -0.25) is 10.1 Å². The summed E-state index contributed by atoms with van der Waals surface area (Å²) in [4.78, 5) is 16.5. The molecule has 92 valence electrons. The maximum Gasteiger partial charge on any atom is 0.258 e. The topological polar surface area (TPSA) is 42.0 Å². The highest BCUT2D eigenvalue weighted by atomic mass is 127. The zero-order chi connectivity index (χ0) is 12.5. The van der Waals surface area contributed by atoms with Crippen LogP contribution in [0.15, 0.2) is 29.6 Å². The number of benzene rings is 1. The van der Waals surface area contributed by atoms with E-state index < -0.39 is 0 Å². The van der Waals surface area contributed by atoms with E-state index in [4.69, 9.17) is 0 Å². The molecule has 1 aromatic heterocycles. The van der Waals surface area contributed by atoms with Crippen molar-refractivity contribution in [2.45, 2.75) is 18.8 Å². The van der Waals surface area contributed by atoms with E-state index in [1.165, 1.54) is 24.2 Å². The quantitative estimate of drug-likeness (QED) is 0.834. The molecule has 0 aliphatic heterocycles. The number of rotatable bonds is 3. The summed E-state index contributed by atoms with van der Waals surface area (Å²) in [7, 11) is 0. The van der Waals surface area contributed by atoms with Gasteiger partial charge in [0.25, 0.3) is 5.91 Å². The van der Waals surface area contributed by atoms with Crippen molar-refractivity contribution in [1.29, 1.82) is 0 Å². The minimum atomic E-state index is -0.0864. The predicted octanol–water partition coefficient (Wildman–Crippen LogP) is 3.88. The number of anilines is 1. The van der Waals surface area contributed by atoms with Gasteiger partial charge in [-0.25, -0.2) is 4.98 Å². The standard InChI is InChI=1S/C13H11IN2OS/c14-10-4-2-1-3-9(10)12(17)16-13-15-11(7-18-13)8-5-6-8/h1-4,7-8H,5-6H2,(H,15,16,17). The van der Waals surface area contributed by atoms with Crippen LogP contribution in [0.3, 0.4) is 0 Å². The molecule has 18 heavy (non-hydrogen) atoms. The van der Waals surface area contributed by atoms with Crippen molar-refractivity contribution in [2.24, 2.45) is 0 Å².